The van der Waals surface area contributed by atoms with Crippen LogP contribution in [0.4, 0.5) is 0 Å². The SMILES string of the molecule is CC(=O)O.CCCCCCCC/C=C\CCCO. The molecule has 0 amide bonds. The highest BCUT2D eigenvalue weighted by atomic mass is 16.4. The van der Waals surface area contributed by atoms with E-state index in [0.717, 1.165) is 19.8 Å². The Morgan fingerprint density at radius 3 is 1.89 bits per heavy atom. The van der Waals surface area contributed by atoms with Crippen LogP contribution in [0.25, 0.3) is 0 Å². The molecule has 0 saturated heterocycles. The molecule has 0 aromatic rings. The van der Waals surface area contributed by atoms with Crippen LogP contribution in [0.15, 0.2) is 12.2 Å². The quantitative estimate of drug-likeness (QED) is 0.457. The van der Waals surface area contributed by atoms with Gasteiger partial charge in [0.1, 0.15) is 0 Å². The molecule has 2 N–H and O–H groups in total. The second kappa shape index (κ2) is 18.5. The summed E-state index contributed by atoms with van der Waals surface area (Å²) in [5.41, 5.74) is 0. The van der Waals surface area contributed by atoms with E-state index in [1.165, 1.54) is 44.9 Å². The standard InChI is InChI=1S/C13H26O.C2H4O2/c1-2-3-4-5-6-7-8-9-10-11-12-13-14;1-2(3)4/h9-10,14H,2-8,11-13H2,1H3;1H3,(H,3,4)/b10-9-;. The van der Waals surface area contributed by atoms with Crippen LogP contribution in [0.5, 0.6) is 0 Å². The molecule has 0 aliphatic heterocycles. The second-order valence-electron chi connectivity index (χ2n) is 4.41. The van der Waals surface area contributed by atoms with E-state index in [9.17, 15) is 0 Å². The molecular formula is C15H30O3. The van der Waals surface area contributed by atoms with Gasteiger partial charge in [0.25, 0.3) is 5.97 Å². The third kappa shape index (κ3) is 29.4. The lowest BCUT2D eigenvalue weighted by molar-refractivity contribution is -0.134. The largest absolute Gasteiger partial charge is 0.481 e. The summed E-state index contributed by atoms with van der Waals surface area (Å²) < 4.78 is 0. The molecule has 0 aromatic heterocycles. The van der Waals surface area contributed by atoms with Crippen molar-refractivity contribution in [2.75, 3.05) is 6.61 Å². The highest BCUT2D eigenvalue weighted by Gasteiger charge is 1.87. The Balaban J connectivity index is 0. The molecule has 0 atom stereocenters. The van der Waals surface area contributed by atoms with Gasteiger partial charge < -0.3 is 10.2 Å². The van der Waals surface area contributed by atoms with Gasteiger partial charge >= 0.3 is 0 Å². The molecule has 0 heterocycles. The first-order valence-corrected chi connectivity index (χ1v) is 7.10. The average Bonchev–Trinajstić information content (AvgIpc) is 2.31. The van der Waals surface area contributed by atoms with Crippen LogP contribution in [-0.2, 0) is 4.79 Å². The molecule has 0 unspecified atom stereocenters. The van der Waals surface area contributed by atoms with Gasteiger partial charge in [0.05, 0.1) is 0 Å². The lowest BCUT2D eigenvalue weighted by Crippen LogP contribution is -1.79. The highest BCUT2D eigenvalue weighted by molar-refractivity contribution is 5.62. The number of aliphatic carboxylic acids is 1. The maximum Gasteiger partial charge on any atom is 0.300 e. The number of hydrogen-bond donors (Lipinski definition) is 2. The van der Waals surface area contributed by atoms with Crippen molar-refractivity contribution in [3.8, 4) is 0 Å². The normalized spacial score (nSPS) is 10.2. The van der Waals surface area contributed by atoms with Crippen molar-refractivity contribution in [3.05, 3.63) is 12.2 Å². The number of allylic oxidation sites excluding steroid dienone is 2. The van der Waals surface area contributed by atoms with Crippen LogP contribution < -0.4 is 0 Å². The fourth-order valence-corrected chi connectivity index (χ4v) is 1.49. The van der Waals surface area contributed by atoms with E-state index in [2.05, 4.69) is 19.1 Å². The lowest BCUT2D eigenvalue weighted by Gasteiger charge is -1.97. The zero-order valence-corrected chi connectivity index (χ0v) is 12.0. The molecule has 0 aliphatic carbocycles. The highest BCUT2D eigenvalue weighted by Crippen LogP contribution is 2.07. The molecule has 0 rings (SSSR count). The van der Waals surface area contributed by atoms with Crippen molar-refractivity contribution in [1.29, 1.82) is 0 Å². The lowest BCUT2D eigenvalue weighted by atomic mass is 10.1. The van der Waals surface area contributed by atoms with Crippen molar-refractivity contribution < 1.29 is 15.0 Å². The molecule has 0 radical (unpaired) electrons. The van der Waals surface area contributed by atoms with Gasteiger partial charge in [0, 0.05) is 13.5 Å². The van der Waals surface area contributed by atoms with Crippen LogP contribution in [0, 0.1) is 0 Å². The molecule has 3 heteroatoms. The summed E-state index contributed by atoms with van der Waals surface area (Å²) in [5.74, 6) is -0.833. The third-order valence-electron chi connectivity index (χ3n) is 2.42. The summed E-state index contributed by atoms with van der Waals surface area (Å²) in [5, 5.41) is 16.0. The summed E-state index contributed by atoms with van der Waals surface area (Å²) >= 11 is 0. The minimum atomic E-state index is -0.833. The molecule has 3 nitrogen and oxygen atoms in total. The fourth-order valence-electron chi connectivity index (χ4n) is 1.49. The van der Waals surface area contributed by atoms with Crippen molar-refractivity contribution in [2.24, 2.45) is 0 Å². The molecular weight excluding hydrogens is 228 g/mol. The third-order valence-corrected chi connectivity index (χ3v) is 2.42. The number of carbonyl (C=O) groups is 1. The first kappa shape index (κ1) is 19.5. The van der Waals surface area contributed by atoms with Gasteiger partial charge in [0.2, 0.25) is 0 Å². The fraction of sp³-hybridized carbons (Fsp3) is 0.800. The van der Waals surface area contributed by atoms with Gasteiger partial charge in [-0.05, 0) is 25.7 Å². The van der Waals surface area contributed by atoms with Gasteiger partial charge in [-0.2, -0.15) is 0 Å². The molecule has 0 aliphatic rings. The molecule has 0 spiro atoms. The van der Waals surface area contributed by atoms with Crippen LogP contribution in [0.3, 0.4) is 0 Å². The number of carboxylic acids is 1. The monoisotopic (exact) mass is 258 g/mol. The van der Waals surface area contributed by atoms with Crippen molar-refractivity contribution >= 4 is 5.97 Å². The van der Waals surface area contributed by atoms with Gasteiger partial charge in [0.15, 0.2) is 0 Å². The number of aliphatic hydroxyl groups excluding tert-OH is 1. The molecule has 108 valence electrons. The number of hydrogen-bond acceptors (Lipinski definition) is 2. The van der Waals surface area contributed by atoms with E-state index in [4.69, 9.17) is 15.0 Å². The predicted octanol–water partition coefficient (Wildman–Crippen LogP) is 4.16. The zero-order chi connectivity index (χ0) is 14.1. The zero-order valence-electron chi connectivity index (χ0n) is 12.0. The van der Waals surface area contributed by atoms with Gasteiger partial charge in [-0.15, -0.1) is 0 Å². The van der Waals surface area contributed by atoms with Crippen LogP contribution in [0.1, 0.15) is 71.6 Å². The molecule has 0 saturated carbocycles. The van der Waals surface area contributed by atoms with Crippen LogP contribution in [0.2, 0.25) is 0 Å². The molecule has 0 fully saturated rings. The number of carboxylic acid groups (broad SMARTS) is 1. The summed E-state index contributed by atoms with van der Waals surface area (Å²) in [4.78, 5) is 9.00. The smallest absolute Gasteiger partial charge is 0.300 e. The Morgan fingerprint density at radius 1 is 0.944 bits per heavy atom. The molecule has 18 heavy (non-hydrogen) atoms. The van der Waals surface area contributed by atoms with E-state index in [-0.39, 0.29) is 0 Å². The molecule has 0 aromatic carbocycles. The van der Waals surface area contributed by atoms with Crippen molar-refractivity contribution in [2.45, 2.75) is 71.6 Å². The van der Waals surface area contributed by atoms with Gasteiger partial charge in [-0.25, -0.2) is 0 Å². The van der Waals surface area contributed by atoms with Crippen molar-refractivity contribution in [3.63, 3.8) is 0 Å². The van der Waals surface area contributed by atoms with E-state index >= 15 is 0 Å². The first-order chi connectivity index (χ1) is 8.65. The summed E-state index contributed by atoms with van der Waals surface area (Å²) in [6.07, 6.45) is 15.9. The maximum atomic E-state index is 9.00. The minimum Gasteiger partial charge on any atom is -0.481 e. The average molecular weight is 258 g/mol. The Bertz CT molecular complexity index is 184. The molecule has 0 bridgehead atoms. The van der Waals surface area contributed by atoms with Crippen LogP contribution in [-0.4, -0.2) is 22.8 Å². The number of aliphatic hydroxyl groups is 1. The number of rotatable bonds is 10. The second-order valence-corrected chi connectivity index (χ2v) is 4.41. The van der Waals surface area contributed by atoms with E-state index in [0.29, 0.717) is 6.61 Å². The Hall–Kier alpha value is -0.830. The van der Waals surface area contributed by atoms with Gasteiger partial charge in [-0.3, -0.25) is 4.79 Å². The maximum absolute atomic E-state index is 9.00. The minimum absolute atomic E-state index is 0.321. The summed E-state index contributed by atoms with van der Waals surface area (Å²) in [7, 11) is 0. The Morgan fingerprint density at radius 2 is 1.39 bits per heavy atom. The Labute approximate surface area is 112 Å². The number of unbranched alkanes of at least 4 members (excludes halogenated alkanes) is 7. The predicted molar refractivity (Wildman–Crippen MR) is 76.8 cm³/mol. The van der Waals surface area contributed by atoms with E-state index in [1.54, 1.807) is 0 Å². The van der Waals surface area contributed by atoms with Gasteiger partial charge in [-0.1, -0.05) is 51.2 Å². The summed E-state index contributed by atoms with van der Waals surface area (Å²) in [6.45, 7) is 3.66. The Kier molecular flexibility index (Phi) is 20.1. The van der Waals surface area contributed by atoms with E-state index in [1.807, 2.05) is 0 Å². The summed E-state index contributed by atoms with van der Waals surface area (Å²) in [6, 6.07) is 0. The topological polar surface area (TPSA) is 57.5 Å². The van der Waals surface area contributed by atoms with Crippen LogP contribution >= 0.6 is 0 Å². The van der Waals surface area contributed by atoms with E-state index < -0.39 is 5.97 Å². The first-order valence-electron chi connectivity index (χ1n) is 7.10. The van der Waals surface area contributed by atoms with Crippen molar-refractivity contribution in [1.82, 2.24) is 0 Å².